The molecule has 2 aliphatic heterocycles. The topological polar surface area (TPSA) is 103 Å². The molecule has 10 heteroatoms. The lowest BCUT2D eigenvalue weighted by Crippen LogP contribution is -2.48. The van der Waals surface area contributed by atoms with Gasteiger partial charge in [-0.25, -0.2) is 4.98 Å². The summed E-state index contributed by atoms with van der Waals surface area (Å²) in [5, 5.41) is 10.8. The molecule has 0 bridgehead atoms. The van der Waals surface area contributed by atoms with Crippen LogP contribution in [0.4, 0.5) is 5.00 Å². The van der Waals surface area contributed by atoms with E-state index >= 15 is 0 Å². The van der Waals surface area contributed by atoms with Gasteiger partial charge in [-0.2, -0.15) is 0 Å². The molecule has 204 valence electrons. The van der Waals surface area contributed by atoms with Gasteiger partial charge in [0.1, 0.15) is 0 Å². The molecular weight excluding hydrogens is 542 g/mol. The number of benzene rings is 2. The van der Waals surface area contributed by atoms with Crippen molar-refractivity contribution in [1.82, 2.24) is 20.5 Å². The number of anilines is 1. The molecule has 2 aliphatic rings. The zero-order valence-electron chi connectivity index (χ0n) is 21.8. The molecule has 2 aromatic heterocycles. The maximum atomic E-state index is 13.0. The quantitative estimate of drug-likeness (QED) is 0.284. The molecule has 2 saturated heterocycles. The number of amides is 3. The lowest BCUT2D eigenvalue weighted by atomic mass is 10.0. The van der Waals surface area contributed by atoms with E-state index in [1.54, 1.807) is 35.6 Å². The monoisotopic (exact) mass is 571 g/mol. The largest absolute Gasteiger partial charge is 0.348 e. The Morgan fingerprint density at radius 3 is 2.52 bits per heavy atom. The van der Waals surface area contributed by atoms with E-state index in [1.165, 1.54) is 11.3 Å². The fourth-order valence-electron chi connectivity index (χ4n) is 4.86. The Balaban J connectivity index is 0.992. The Kier molecular flexibility index (Phi) is 7.72. The van der Waals surface area contributed by atoms with E-state index < -0.39 is 0 Å². The summed E-state index contributed by atoms with van der Waals surface area (Å²) in [5.41, 5.74) is 2.75. The summed E-state index contributed by atoms with van der Waals surface area (Å²) in [6.07, 6.45) is 3.74. The van der Waals surface area contributed by atoms with Crippen LogP contribution < -0.4 is 16.0 Å². The standard InChI is InChI=1S/C30H29N5O3S2/c36-27(21-5-2-1-3-6-21)32-15-19-8-10-20(11-9-19)25-16-33-29(40-25)22-17-35(18-22)30(38)24-12-13-26(39-24)34-28(37)23-7-4-14-31-23/h1-3,5-6,8-13,16,22-23,31H,4,7,14-15,17-18H2,(H,32,36)(H,34,37)/t23-/m0/s1. The summed E-state index contributed by atoms with van der Waals surface area (Å²) in [7, 11) is 0. The SMILES string of the molecule is O=C(NCc1ccc(-c2cnc(C3CN(C(=O)c4ccc(NC(=O)[C@@H]5CCCN5)s4)C3)s2)cc1)c1ccccc1. The Hall–Kier alpha value is -3.86. The summed E-state index contributed by atoms with van der Waals surface area (Å²) < 4.78 is 0. The summed E-state index contributed by atoms with van der Waals surface area (Å²) in [6.45, 7) is 2.60. The highest BCUT2D eigenvalue weighted by Gasteiger charge is 2.35. The summed E-state index contributed by atoms with van der Waals surface area (Å²) in [5.74, 6) is 0.0922. The molecule has 6 rings (SSSR count). The van der Waals surface area contributed by atoms with Crippen molar-refractivity contribution in [1.29, 1.82) is 0 Å². The van der Waals surface area contributed by atoms with Crippen LogP contribution in [0.2, 0.25) is 0 Å². The van der Waals surface area contributed by atoms with Crippen molar-refractivity contribution < 1.29 is 14.4 Å². The van der Waals surface area contributed by atoms with Crippen LogP contribution in [0.5, 0.6) is 0 Å². The van der Waals surface area contributed by atoms with Crippen molar-refractivity contribution in [3.05, 3.63) is 93.9 Å². The van der Waals surface area contributed by atoms with Crippen LogP contribution >= 0.6 is 22.7 Å². The number of carbonyl (C=O) groups is 3. The number of likely N-dealkylation sites (tertiary alicyclic amines) is 1. The first kappa shape index (κ1) is 26.4. The average Bonchev–Trinajstić information content (AvgIpc) is 3.74. The fraction of sp³-hybridized carbons (Fsp3) is 0.267. The van der Waals surface area contributed by atoms with E-state index in [4.69, 9.17) is 0 Å². The molecule has 0 unspecified atom stereocenters. The van der Waals surface area contributed by atoms with E-state index in [2.05, 4.69) is 20.9 Å². The van der Waals surface area contributed by atoms with Gasteiger partial charge in [0.25, 0.3) is 11.8 Å². The molecular formula is C30H29N5O3S2. The van der Waals surface area contributed by atoms with E-state index in [0.717, 1.165) is 40.4 Å². The van der Waals surface area contributed by atoms with Crippen LogP contribution in [-0.4, -0.2) is 53.3 Å². The number of nitrogens with one attached hydrogen (secondary N) is 3. The third-order valence-electron chi connectivity index (χ3n) is 7.21. The van der Waals surface area contributed by atoms with Crippen LogP contribution in [0.15, 0.2) is 72.9 Å². The molecule has 2 fully saturated rings. The van der Waals surface area contributed by atoms with Gasteiger partial charge in [-0.3, -0.25) is 14.4 Å². The van der Waals surface area contributed by atoms with Crippen molar-refractivity contribution in [2.45, 2.75) is 31.3 Å². The van der Waals surface area contributed by atoms with E-state index in [0.29, 0.717) is 35.1 Å². The predicted octanol–water partition coefficient (Wildman–Crippen LogP) is 4.73. The third-order valence-corrected chi connectivity index (χ3v) is 9.41. The summed E-state index contributed by atoms with van der Waals surface area (Å²) in [4.78, 5) is 45.8. The van der Waals surface area contributed by atoms with Crippen LogP contribution in [0, 0.1) is 0 Å². The second-order valence-electron chi connectivity index (χ2n) is 10.0. The first-order valence-corrected chi connectivity index (χ1v) is 15.0. The van der Waals surface area contributed by atoms with Gasteiger partial charge in [0.05, 0.1) is 25.8 Å². The van der Waals surface area contributed by atoms with Gasteiger partial charge in [-0.1, -0.05) is 42.5 Å². The van der Waals surface area contributed by atoms with Crippen LogP contribution in [0.3, 0.4) is 0 Å². The van der Waals surface area contributed by atoms with Gasteiger partial charge in [0.15, 0.2) is 0 Å². The Bertz CT molecular complexity index is 1500. The van der Waals surface area contributed by atoms with Crippen LogP contribution in [0.1, 0.15) is 49.4 Å². The highest BCUT2D eigenvalue weighted by molar-refractivity contribution is 7.18. The van der Waals surface area contributed by atoms with Gasteiger partial charge < -0.3 is 20.9 Å². The lowest BCUT2D eigenvalue weighted by Gasteiger charge is -2.37. The number of carbonyl (C=O) groups excluding carboxylic acids is 3. The van der Waals surface area contributed by atoms with E-state index in [-0.39, 0.29) is 29.7 Å². The number of nitrogens with zero attached hydrogens (tertiary/aromatic N) is 2. The summed E-state index contributed by atoms with van der Waals surface area (Å²) >= 11 is 2.98. The highest BCUT2D eigenvalue weighted by Crippen LogP contribution is 2.36. The molecule has 1 atom stereocenters. The minimum Gasteiger partial charge on any atom is -0.348 e. The molecule has 0 aliphatic carbocycles. The number of rotatable bonds is 8. The average molecular weight is 572 g/mol. The number of hydrogen-bond acceptors (Lipinski definition) is 7. The molecule has 0 radical (unpaired) electrons. The minimum absolute atomic E-state index is 0.00698. The van der Waals surface area contributed by atoms with E-state index in [9.17, 15) is 14.4 Å². The normalized spacial score (nSPS) is 16.9. The second kappa shape index (κ2) is 11.7. The Morgan fingerprint density at radius 2 is 1.77 bits per heavy atom. The highest BCUT2D eigenvalue weighted by atomic mass is 32.1. The van der Waals surface area contributed by atoms with Crippen molar-refractivity contribution in [3.63, 3.8) is 0 Å². The van der Waals surface area contributed by atoms with Gasteiger partial charge in [-0.05, 0) is 54.8 Å². The summed E-state index contributed by atoms with van der Waals surface area (Å²) in [6, 6.07) is 20.8. The van der Waals surface area contributed by atoms with Gasteiger partial charge in [0.2, 0.25) is 5.91 Å². The van der Waals surface area contributed by atoms with E-state index in [1.807, 2.05) is 53.6 Å². The molecule has 2 aromatic carbocycles. The van der Waals surface area contributed by atoms with Crippen LogP contribution in [-0.2, 0) is 11.3 Å². The van der Waals surface area contributed by atoms with Crippen molar-refractivity contribution in [2.75, 3.05) is 25.0 Å². The predicted molar refractivity (Wildman–Crippen MR) is 158 cm³/mol. The molecule has 4 aromatic rings. The van der Waals surface area contributed by atoms with Crippen molar-refractivity contribution in [3.8, 4) is 10.4 Å². The van der Waals surface area contributed by atoms with Crippen LogP contribution in [0.25, 0.3) is 10.4 Å². The zero-order valence-corrected chi connectivity index (χ0v) is 23.4. The number of thiophene rings is 1. The molecule has 0 saturated carbocycles. The molecule has 3 amide bonds. The Morgan fingerprint density at radius 1 is 0.975 bits per heavy atom. The Labute approximate surface area is 240 Å². The molecule has 0 spiro atoms. The fourth-order valence-corrected chi connectivity index (χ4v) is 6.75. The number of aromatic nitrogens is 1. The number of thiazole rings is 1. The molecule has 8 nitrogen and oxygen atoms in total. The molecule has 4 heterocycles. The van der Waals surface area contributed by atoms with Gasteiger partial charge in [-0.15, -0.1) is 22.7 Å². The van der Waals surface area contributed by atoms with Crippen molar-refractivity contribution in [2.24, 2.45) is 0 Å². The van der Waals surface area contributed by atoms with Gasteiger partial charge in [0, 0.05) is 37.3 Å². The number of hydrogen-bond donors (Lipinski definition) is 3. The first-order chi connectivity index (χ1) is 19.5. The first-order valence-electron chi connectivity index (χ1n) is 13.3. The maximum Gasteiger partial charge on any atom is 0.264 e. The smallest absolute Gasteiger partial charge is 0.264 e. The third kappa shape index (κ3) is 5.84. The molecule has 3 N–H and O–H groups in total. The molecule has 40 heavy (non-hydrogen) atoms. The van der Waals surface area contributed by atoms with Gasteiger partial charge >= 0.3 is 0 Å². The minimum atomic E-state index is -0.147. The zero-order chi connectivity index (χ0) is 27.5. The lowest BCUT2D eigenvalue weighted by molar-refractivity contribution is -0.117. The second-order valence-corrected chi connectivity index (χ2v) is 12.2. The maximum absolute atomic E-state index is 13.0. The van der Waals surface area contributed by atoms with Crippen molar-refractivity contribution >= 4 is 45.4 Å².